The van der Waals surface area contributed by atoms with E-state index < -0.39 is 9.84 Å². The standard InChI is InChI=1S/C14H18O3S/c1-5-7-18(15,16)8-6-17-14-12(3)9-11(2)10-13(14)4/h1,9-10H,6-8H2,2-4H3. The van der Waals surface area contributed by atoms with E-state index in [4.69, 9.17) is 11.2 Å². The highest BCUT2D eigenvalue weighted by Gasteiger charge is 2.10. The molecule has 0 saturated carbocycles. The molecule has 3 nitrogen and oxygen atoms in total. The number of ether oxygens (including phenoxy) is 1. The second-order valence-electron chi connectivity index (χ2n) is 4.37. The van der Waals surface area contributed by atoms with Crippen molar-refractivity contribution in [3.63, 3.8) is 0 Å². The van der Waals surface area contributed by atoms with Crippen LogP contribution >= 0.6 is 0 Å². The average molecular weight is 266 g/mol. The van der Waals surface area contributed by atoms with E-state index in [2.05, 4.69) is 5.92 Å². The number of rotatable bonds is 5. The van der Waals surface area contributed by atoms with Crippen molar-refractivity contribution in [1.82, 2.24) is 0 Å². The molecule has 0 radical (unpaired) electrons. The molecule has 0 spiro atoms. The smallest absolute Gasteiger partial charge is 0.164 e. The second-order valence-corrected chi connectivity index (χ2v) is 6.56. The molecule has 0 N–H and O–H groups in total. The quantitative estimate of drug-likeness (QED) is 0.766. The normalized spacial score (nSPS) is 11.0. The predicted octanol–water partition coefficient (Wildman–Crippen LogP) is 2.04. The molecule has 0 saturated heterocycles. The maximum atomic E-state index is 11.4. The van der Waals surface area contributed by atoms with Gasteiger partial charge >= 0.3 is 0 Å². The van der Waals surface area contributed by atoms with Crippen molar-refractivity contribution in [2.75, 3.05) is 18.1 Å². The van der Waals surface area contributed by atoms with Crippen LogP contribution in [0.25, 0.3) is 0 Å². The van der Waals surface area contributed by atoms with Crippen molar-refractivity contribution < 1.29 is 13.2 Å². The number of benzene rings is 1. The van der Waals surface area contributed by atoms with Crippen LogP contribution in [0.2, 0.25) is 0 Å². The molecule has 0 aromatic heterocycles. The molecule has 0 aliphatic heterocycles. The SMILES string of the molecule is C#CCS(=O)(=O)CCOc1c(C)cc(C)cc1C. The van der Waals surface area contributed by atoms with E-state index in [0.29, 0.717) is 0 Å². The monoisotopic (exact) mass is 266 g/mol. The first-order valence-corrected chi connectivity index (χ1v) is 7.52. The molecule has 0 fully saturated rings. The first kappa shape index (κ1) is 14.6. The fourth-order valence-electron chi connectivity index (χ4n) is 1.86. The lowest BCUT2D eigenvalue weighted by Crippen LogP contribution is -2.16. The Labute approximate surface area is 109 Å². The minimum atomic E-state index is -3.20. The summed E-state index contributed by atoms with van der Waals surface area (Å²) in [5.41, 5.74) is 3.20. The highest BCUT2D eigenvalue weighted by Crippen LogP contribution is 2.24. The van der Waals surface area contributed by atoms with Gasteiger partial charge < -0.3 is 4.74 Å². The first-order valence-electron chi connectivity index (χ1n) is 5.70. The van der Waals surface area contributed by atoms with Crippen molar-refractivity contribution in [1.29, 1.82) is 0 Å². The topological polar surface area (TPSA) is 43.4 Å². The van der Waals surface area contributed by atoms with Crippen molar-refractivity contribution in [2.24, 2.45) is 0 Å². The number of hydrogen-bond acceptors (Lipinski definition) is 3. The Kier molecular flexibility index (Phi) is 4.80. The van der Waals surface area contributed by atoms with E-state index in [0.717, 1.165) is 22.4 Å². The Morgan fingerprint density at radius 3 is 2.28 bits per heavy atom. The predicted molar refractivity (Wildman–Crippen MR) is 73.6 cm³/mol. The highest BCUT2D eigenvalue weighted by atomic mass is 32.2. The molecule has 1 aromatic rings. The molecule has 0 unspecified atom stereocenters. The zero-order valence-corrected chi connectivity index (χ0v) is 11.8. The molecule has 4 heteroatoms. The Morgan fingerprint density at radius 1 is 1.22 bits per heavy atom. The lowest BCUT2D eigenvalue weighted by Gasteiger charge is -2.12. The summed E-state index contributed by atoms with van der Waals surface area (Å²) in [5.74, 6) is 2.62. The van der Waals surface area contributed by atoms with E-state index in [1.54, 1.807) is 0 Å². The van der Waals surface area contributed by atoms with Gasteiger partial charge in [-0.2, -0.15) is 0 Å². The minimum Gasteiger partial charge on any atom is -0.492 e. The van der Waals surface area contributed by atoms with Gasteiger partial charge in [-0.3, -0.25) is 0 Å². The summed E-state index contributed by atoms with van der Waals surface area (Å²) >= 11 is 0. The Hall–Kier alpha value is -1.47. The minimum absolute atomic E-state index is 0.0516. The Bertz CT molecular complexity index is 542. The van der Waals surface area contributed by atoms with Gasteiger partial charge in [-0.05, 0) is 31.9 Å². The molecule has 18 heavy (non-hydrogen) atoms. The van der Waals surface area contributed by atoms with Crippen molar-refractivity contribution in [3.8, 4) is 18.1 Å². The third-order valence-electron chi connectivity index (χ3n) is 2.55. The van der Waals surface area contributed by atoms with Crippen molar-refractivity contribution >= 4 is 9.84 Å². The lowest BCUT2D eigenvalue weighted by molar-refractivity contribution is 0.336. The molecule has 0 bridgehead atoms. The van der Waals surface area contributed by atoms with Gasteiger partial charge in [-0.1, -0.05) is 23.6 Å². The third-order valence-corrected chi connectivity index (χ3v) is 3.94. The van der Waals surface area contributed by atoms with E-state index in [9.17, 15) is 8.42 Å². The Morgan fingerprint density at radius 2 is 1.78 bits per heavy atom. The summed E-state index contributed by atoms with van der Waals surface area (Å²) < 4.78 is 28.4. The van der Waals surface area contributed by atoms with Crippen LogP contribution in [0.3, 0.4) is 0 Å². The molecule has 0 aliphatic carbocycles. The third kappa shape index (κ3) is 4.08. The summed E-state index contributed by atoms with van der Waals surface area (Å²) in [6, 6.07) is 4.02. The van der Waals surface area contributed by atoms with Crippen molar-refractivity contribution in [2.45, 2.75) is 20.8 Å². The van der Waals surface area contributed by atoms with Crippen LogP contribution in [0.4, 0.5) is 0 Å². The van der Waals surface area contributed by atoms with Crippen LogP contribution in [0.5, 0.6) is 5.75 Å². The van der Waals surface area contributed by atoms with Gasteiger partial charge in [-0.25, -0.2) is 8.42 Å². The molecule has 0 aliphatic rings. The molecule has 1 rings (SSSR count). The van der Waals surface area contributed by atoms with Crippen LogP contribution in [0.1, 0.15) is 16.7 Å². The number of aryl methyl sites for hydroxylation is 3. The summed E-state index contributed by atoms with van der Waals surface area (Å²) in [4.78, 5) is 0. The zero-order valence-electron chi connectivity index (χ0n) is 11.0. The van der Waals surface area contributed by atoms with Crippen LogP contribution in [-0.4, -0.2) is 26.5 Å². The van der Waals surface area contributed by atoms with Gasteiger partial charge in [0.05, 0.1) is 5.75 Å². The molecule has 98 valence electrons. The van der Waals surface area contributed by atoms with Gasteiger partial charge in [0, 0.05) is 0 Å². The zero-order chi connectivity index (χ0) is 13.8. The van der Waals surface area contributed by atoms with Gasteiger partial charge in [0.15, 0.2) is 9.84 Å². The van der Waals surface area contributed by atoms with Gasteiger partial charge in [-0.15, -0.1) is 6.42 Å². The average Bonchev–Trinajstić information content (AvgIpc) is 2.21. The maximum Gasteiger partial charge on any atom is 0.164 e. The second kappa shape index (κ2) is 5.92. The number of terminal acetylenes is 1. The fourth-order valence-corrected chi connectivity index (χ4v) is 2.60. The molecule has 1 aromatic carbocycles. The fraction of sp³-hybridized carbons (Fsp3) is 0.429. The number of hydrogen-bond donors (Lipinski definition) is 0. The first-order chi connectivity index (χ1) is 8.35. The number of sulfone groups is 1. The maximum absolute atomic E-state index is 11.4. The highest BCUT2D eigenvalue weighted by molar-refractivity contribution is 7.91. The van der Waals surface area contributed by atoms with E-state index in [1.807, 2.05) is 32.9 Å². The summed E-state index contributed by atoms with van der Waals surface area (Å²) in [5, 5.41) is 0. The molecular formula is C14H18O3S. The lowest BCUT2D eigenvalue weighted by atomic mass is 10.1. The largest absolute Gasteiger partial charge is 0.492 e. The van der Waals surface area contributed by atoms with Crippen molar-refractivity contribution in [3.05, 3.63) is 28.8 Å². The Balaban J connectivity index is 2.69. The van der Waals surface area contributed by atoms with Crippen LogP contribution in [0, 0.1) is 33.1 Å². The van der Waals surface area contributed by atoms with Crippen LogP contribution < -0.4 is 4.74 Å². The van der Waals surface area contributed by atoms with Crippen LogP contribution in [0.15, 0.2) is 12.1 Å². The van der Waals surface area contributed by atoms with Gasteiger partial charge in [0.2, 0.25) is 0 Å². The summed E-state index contributed by atoms with van der Waals surface area (Å²) in [6.07, 6.45) is 4.99. The van der Waals surface area contributed by atoms with E-state index in [1.165, 1.54) is 0 Å². The van der Waals surface area contributed by atoms with Crippen LogP contribution in [-0.2, 0) is 9.84 Å². The molecule has 0 heterocycles. The molecular weight excluding hydrogens is 248 g/mol. The summed E-state index contributed by atoms with van der Waals surface area (Å²) in [7, 11) is -3.20. The molecule has 0 amide bonds. The summed E-state index contributed by atoms with van der Waals surface area (Å²) in [6.45, 7) is 6.05. The van der Waals surface area contributed by atoms with E-state index >= 15 is 0 Å². The van der Waals surface area contributed by atoms with Gasteiger partial charge in [0.25, 0.3) is 0 Å². The van der Waals surface area contributed by atoms with Gasteiger partial charge in [0.1, 0.15) is 18.1 Å². The molecule has 0 atom stereocenters. The van der Waals surface area contributed by atoms with E-state index in [-0.39, 0.29) is 18.1 Å².